The number of methoxy groups -OCH3 is 1. The van der Waals surface area contributed by atoms with E-state index >= 15 is 0 Å². The largest absolute Gasteiger partial charge is 0.489 e. The summed E-state index contributed by atoms with van der Waals surface area (Å²) in [4.78, 5) is 18.3. The van der Waals surface area contributed by atoms with Crippen molar-refractivity contribution in [1.82, 2.24) is 9.97 Å². The van der Waals surface area contributed by atoms with Gasteiger partial charge in [-0.25, -0.2) is 4.98 Å². The average Bonchev–Trinajstić information content (AvgIpc) is 2.18. The number of hydrogen-bond donors (Lipinski definition) is 0. The van der Waals surface area contributed by atoms with Crippen LogP contribution in [0.25, 0.3) is 0 Å². The van der Waals surface area contributed by atoms with Gasteiger partial charge in [0.1, 0.15) is 12.7 Å². The Labute approximate surface area is 90.4 Å². The smallest absolute Gasteiger partial charge is 0.327 e. The fourth-order valence-electron chi connectivity index (χ4n) is 0.790. The van der Waals surface area contributed by atoms with Crippen molar-refractivity contribution in [3.8, 4) is 17.7 Å². The molecule has 0 radical (unpaired) electrons. The van der Waals surface area contributed by atoms with E-state index in [0.717, 1.165) is 6.33 Å². The first-order valence-corrected chi connectivity index (χ1v) is 4.19. The second-order valence-corrected chi connectivity index (χ2v) is 2.67. The molecule has 0 saturated carbocycles. The molecule has 0 aliphatic rings. The van der Waals surface area contributed by atoms with Crippen LogP contribution in [-0.2, 0) is 4.79 Å². The van der Waals surface area contributed by atoms with E-state index in [0.29, 0.717) is 0 Å². The Bertz CT molecular complexity index is 416. The molecule has 0 unspecified atom stereocenters. The molecule has 7 heteroatoms. The molecule has 1 aromatic rings. The molecule has 0 N–H and O–H groups in total. The van der Waals surface area contributed by atoms with Crippen LogP contribution in [0.2, 0.25) is 5.15 Å². The minimum atomic E-state index is -0.731. The van der Waals surface area contributed by atoms with Gasteiger partial charge in [-0.3, -0.25) is 4.79 Å². The Hall–Kier alpha value is -1.87. The number of ether oxygens (including phenoxy) is 2. The fourth-order valence-corrected chi connectivity index (χ4v) is 0.992. The fraction of sp³-hybridized carbons (Fsp3) is 0.250. The second kappa shape index (κ2) is 5.12. The topological polar surface area (TPSA) is 85.1 Å². The number of hydrogen-bond acceptors (Lipinski definition) is 6. The van der Waals surface area contributed by atoms with Gasteiger partial charge in [0.2, 0.25) is 5.75 Å². The number of halogens is 1. The van der Waals surface area contributed by atoms with Crippen LogP contribution in [0, 0.1) is 11.3 Å². The first-order chi connectivity index (χ1) is 7.19. The number of carbonyl (C=O) groups excluding carboxylic acids is 1. The zero-order valence-corrected chi connectivity index (χ0v) is 8.48. The molecule has 0 saturated heterocycles. The van der Waals surface area contributed by atoms with Crippen molar-refractivity contribution >= 4 is 17.6 Å². The molecule has 0 aromatic carbocycles. The predicted octanol–water partition coefficient (Wildman–Crippen LogP) is 0.958. The summed E-state index contributed by atoms with van der Waals surface area (Å²) in [6.45, 7) is 0. The molecule has 78 valence electrons. The highest BCUT2D eigenvalue weighted by atomic mass is 35.5. The first kappa shape index (κ1) is 11.2. The molecular weight excluding hydrogens is 222 g/mol. The Morgan fingerprint density at radius 3 is 3.00 bits per heavy atom. The normalized spacial score (nSPS) is 9.13. The van der Waals surface area contributed by atoms with Crippen LogP contribution in [0.15, 0.2) is 6.33 Å². The van der Waals surface area contributed by atoms with Gasteiger partial charge in [0.05, 0.1) is 13.2 Å². The molecule has 0 amide bonds. The maximum Gasteiger partial charge on any atom is 0.327 e. The molecule has 0 atom stereocenters. The number of carbonyl (C=O) groups is 1. The van der Waals surface area contributed by atoms with E-state index in [9.17, 15) is 4.79 Å². The van der Waals surface area contributed by atoms with Gasteiger partial charge in [0.25, 0.3) is 5.88 Å². The molecule has 0 fully saturated rings. The Morgan fingerprint density at radius 2 is 2.40 bits per heavy atom. The Balaban J connectivity index is 2.90. The molecule has 15 heavy (non-hydrogen) atoms. The van der Waals surface area contributed by atoms with Gasteiger partial charge in [-0.1, -0.05) is 11.6 Å². The van der Waals surface area contributed by atoms with Gasteiger partial charge in [0.15, 0.2) is 5.15 Å². The molecule has 6 nitrogen and oxygen atoms in total. The van der Waals surface area contributed by atoms with E-state index < -0.39 is 5.97 Å². The SMILES string of the molecule is COc1c(Cl)ncnc1OC(=O)CC#N. The third kappa shape index (κ3) is 2.79. The molecular formula is C8H6ClN3O3. The maximum absolute atomic E-state index is 11.0. The Morgan fingerprint density at radius 1 is 1.67 bits per heavy atom. The number of rotatable bonds is 3. The van der Waals surface area contributed by atoms with Crippen molar-refractivity contribution in [2.75, 3.05) is 7.11 Å². The highest BCUT2D eigenvalue weighted by molar-refractivity contribution is 6.31. The number of esters is 1. The zero-order valence-electron chi connectivity index (χ0n) is 7.73. The third-order valence-electron chi connectivity index (χ3n) is 1.37. The summed E-state index contributed by atoms with van der Waals surface area (Å²) in [6.07, 6.45) is 0.755. The van der Waals surface area contributed by atoms with E-state index in [1.807, 2.05) is 0 Å². The summed E-state index contributed by atoms with van der Waals surface area (Å²) >= 11 is 5.66. The lowest BCUT2D eigenvalue weighted by atomic mass is 10.5. The van der Waals surface area contributed by atoms with Crippen molar-refractivity contribution < 1.29 is 14.3 Å². The minimum absolute atomic E-state index is 0.0345. The lowest BCUT2D eigenvalue weighted by molar-refractivity contribution is -0.133. The third-order valence-corrected chi connectivity index (χ3v) is 1.63. The standard InChI is InChI=1S/C8H6ClN3O3/c1-14-6-7(9)11-4-12-8(6)15-5(13)2-3-10/h4H,2H2,1H3. The summed E-state index contributed by atoms with van der Waals surface area (Å²) in [7, 11) is 1.34. The van der Waals surface area contributed by atoms with Gasteiger partial charge in [-0.05, 0) is 0 Å². The van der Waals surface area contributed by atoms with Crippen molar-refractivity contribution in [3.63, 3.8) is 0 Å². The summed E-state index contributed by atoms with van der Waals surface area (Å²) in [5, 5.41) is 8.29. The number of nitrogens with zero attached hydrogens (tertiary/aromatic N) is 3. The maximum atomic E-state index is 11.0. The minimum Gasteiger partial charge on any atom is -0.489 e. The van der Waals surface area contributed by atoms with E-state index in [1.54, 1.807) is 6.07 Å². The van der Waals surface area contributed by atoms with Crippen molar-refractivity contribution in [2.45, 2.75) is 6.42 Å². The molecule has 1 heterocycles. The average molecular weight is 228 g/mol. The molecule has 0 spiro atoms. The van der Waals surface area contributed by atoms with Crippen LogP contribution in [0.5, 0.6) is 11.6 Å². The van der Waals surface area contributed by atoms with E-state index in [1.165, 1.54) is 7.11 Å². The van der Waals surface area contributed by atoms with Gasteiger partial charge < -0.3 is 9.47 Å². The van der Waals surface area contributed by atoms with Crippen LogP contribution in [0.3, 0.4) is 0 Å². The monoisotopic (exact) mass is 227 g/mol. The van der Waals surface area contributed by atoms with Crippen molar-refractivity contribution in [1.29, 1.82) is 5.26 Å². The van der Waals surface area contributed by atoms with Crippen LogP contribution in [0.1, 0.15) is 6.42 Å². The van der Waals surface area contributed by atoms with Crippen LogP contribution in [0.4, 0.5) is 0 Å². The molecule has 0 aliphatic heterocycles. The lowest BCUT2D eigenvalue weighted by Crippen LogP contribution is -2.09. The zero-order chi connectivity index (χ0) is 11.3. The van der Waals surface area contributed by atoms with Gasteiger partial charge in [-0.2, -0.15) is 10.2 Å². The van der Waals surface area contributed by atoms with Gasteiger partial charge >= 0.3 is 5.97 Å². The van der Waals surface area contributed by atoms with Crippen LogP contribution < -0.4 is 9.47 Å². The first-order valence-electron chi connectivity index (χ1n) is 3.81. The predicted molar refractivity (Wildman–Crippen MR) is 49.5 cm³/mol. The molecule has 0 bridgehead atoms. The van der Waals surface area contributed by atoms with Crippen LogP contribution in [-0.4, -0.2) is 23.0 Å². The summed E-state index contributed by atoms with van der Waals surface area (Å²) in [6, 6.07) is 1.65. The van der Waals surface area contributed by atoms with E-state index in [4.69, 9.17) is 26.3 Å². The van der Waals surface area contributed by atoms with Gasteiger partial charge in [0, 0.05) is 0 Å². The van der Waals surface area contributed by atoms with E-state index in [-0.39, 0.29) is 23.2 Å². The highest BCUT2D eigenvalue weighted by Crippen LogP contribution is 2.30. The number of aromatic nitrogens is 2. The number of nitriles is 1. The quantitative estimate of drug-likeness (QED) is 0.565. The summed E-state index contributed by atoms with van der Waals surface area (Å²) in [5.74, 6) is -0.770. The second-order valence-electron chi connectivity index (χ2n) is 2.31. The molecule has 1 rings (SSSR count). The van der Waals surface area contributed by atoms with Crippen LogP contribution >= 0.6 is 11.6 Å². The van der Waals surface area contributed by atoms with Crippen molar-refractivity contribution in [2.24, 2.45) is 0 Å². The summed E-state index contributed by atoms with van der Waals surface area (Å²) in [5.41, 5.74) is 0. The van der Waals surface area contributed by atoms with Crippen molar-refractivity contribution in [3.05, 3.63) is 11.5 Å². The van der Waals surface area contributed by atoms with Gasteiger partial charge in [-0.15, -0.1) is 0 Å². The highest BCUT2D eigenvalue weighted by Gasteiger charge is 2.14. The Kier molecular flexibility index (Phi) is 3.83. The molecule has 1 aromatic heterocycles. The molecule has 0 aliphatic carbocycles. The lowest BCUT2D eigenvalue weighted by Gasteiger charge is -2.06. The summed E-state index contributed by atoms with van der Waals surface area (Å²) < 4.78 is 9.57. The van der Waals surface area contributed by atoms with E-state index in [2.05, 4.69) is 9.97 Å².